The second-order valence-corrected chi connectivity index (χ2v) is 5.64. The van der Waals surface area contributed by atoms with Crippen LogP contribution < -0.4 is 5.32 Å². The molecule has 0 radical (unpaired) electrons. The van der Waals surface area contributed by atoms with Gasteiger partial charge in [0.05, 0.1) is 0 Å². The summed E-state index contributed by atoms with van der Waals surface area (Å²) in [4.78, 5) is 28.0. The Morgan fingerprint density at radius 1 is 1.29 bits per heavy atom. The van der Waals surface area contributed by atoms with E-state index in [0.717, 1.165) is 11.1 Å². The third kappa shape index (κ3) is 4.81. The van der Waals surface area contributed by atoms with Gasteiger partial charge in [0.15, 0.2) is 6.61 Å². The zero-order chi connectivity index (χ0) is 17.5. The highest BCUT2D eigenvalue weighted by Crippen LogP contribution is 2.19. The van der Waals surface area contributed by atoms with E-state index < -0.39 is 12.0 Å². The van der Waals surface area contributed by atoms with Crippen LogP contribution in [0.4, 0.5) is 0 Å². The van der Waals surface area contributed by atoms with Crippen LogP contribution in [0.2, 0.25) is 0 Å². The topological polar surface area (TPSA) is 73.2 Å². The number of hydrogen-bond acceptors (Lipinski definition) is 4. The predicted octanol–water partition coefficient (Wildman–Crippen LogP) is 2.14. The molecule has 2 aromatic rings. The van der Waals surface area contributed by atoms with Crippen molar-refractivity contribution in [3.8, 4) is 0 Å². The van der Waals surface area contributed by atoms with Crippen LogP contribution in [-0.4, -0.2) is 28.0 Å². The van der Waals surface area contributed by atoms with E-state index in [2.05, 4.69) is 10.3 Å². The first-order chi connectivity index (χ1) is 11.5. The first kappa shape index (κ1) is 17.5. The van der Waals surface area contributed by atoms with Crippen molar-refractivity contribution in [3.05, 3.63) is 65.8 Å². The molecule has 0 saturated heterocycles. The van der Waals surface area contributed by atoms with Gasteiger partial charge in [-0.05, 0) is 19.4 Å². The maximum atomic E-state index is 12.2. The standard InChI is InChI=1S/C18H21N3O3/c1-13(2)11-16(23)24-12-15(22)20-17(14-7-5-4-6-8-14)18-19-9-10-21(18)3/h4-11,17H,12H2,1-3H3,(H,20,22)/t17-/m1/s1. The van der Waals surface area contributed by atoms with Gasteiger partial charge in [0.25, 0.3) is 5.91 Å². The molecule has 6 heteroatoms. The molecule has 0 spiro atoms. The first-order valence-corrected chi connectivity index (χ1v) is 7.60. The van der Waals surface area contributed by atoms with E-state index in [1.807, 2.05) is 48.1 Å². The second-order valence-electron chi connectivity index (χ2n) is 5.64. The lowest BCUT2D eigenvalue weighted by molar-refractivity contribution is -0.144. The Labute approximate surface area is 141 Å². The van der Waals surface area contributed by atoms with E-state index in [1.54, 1.807) is 20.0 Å². The van der Waals surface area contributed by atoms with Gasteiger partial charge in [-0.1, -0.05) is 35.9 Å². The lowest BCUT2D eigenvalue weighted by atomic mass is 10.1. The molecule has 1 N–H and O–H groups in total. The van der Waals surface area contributed by atoms with Crippen molar-refractivity contribution in [3.63, 3.8) is 0 Å². The van der Waals surface area contributed by atoms with Crippen LogP contribution in [0.5, 0.6) is 0 Å². The summed E-state index contributed by atoms with van der Waals surface area (Å²) in [5.41, 5.74) is 1.71. The summed E-state index contributed by atoms with van der Waals surface area (Å²) >= 11 is 0. The van der Waals surface area contributed by atoms with Crippen molar-refractivity contribution in [1.29, 1.82) is 0 Å². The van der Waals surface area contributed by atoms with E-state index >= 15 is 0 Å². The molecular weight excluding hydrogens is 306 g/mol. The molecule has 1 amide bonds. The summed E-state index contributed by atoms with van der Waals surface area (Å²) < 4.78 is 6.78. The largest absolute Gasteiger partial charge is 0.452 e. The normalized spacial score (nSPS) is 11.5. The van der Waals surface area contributed by atoms with Gasteiger partial charge in [0.1, 0.15) is 11.9 Å². The lowest BCUT2D eigenvalue weighted by Crippen LogP contribution is -2.34. The third-order valence-corrected chi connectivity index (χ3v) is 3.31. The number of rotatable bonds is 6. The fourth-order valence-corrected chi connectivity index (χ4v) is 2.21. The van der Waals surface area contributed by atoms with Gasteiger partial charge in [-0.25, -0.2) is 9.78 Å². The van der Waals surface area contributed by atoms with Gasteiger partial charge >= 0.3 is 5.97 Å². The summed E-state index contributed by atoms with van der Waals surface area (Å²) in [5, 5.41) is 2.87. The Hall–Kier alpha value is -2.89. The number of hydrogen-bond donors (Lipinski definition) is 1. The lowest BCUT2D eigenvalue weighted by Gasteiger charge is -2.19. The fourth-order valence-electron chi connectivity index (χ4n) is 2.21. The minimum atomic E-state index is -0.529. The molecule has 6 nitrogen and oxygen atoms in total. The molecule has 0 aliphatic heterocycles. The average molecular weight is 327 g/mol. The number of carbonyl (C=O) groups is 2. The number of esters is 1. The van der Waals surface area contributed by atoms with E-state index in [-0.39, 0.29) is 12.5 Å². The van der Waals surface area contributed by atoms with Gasteiger partial charge in [-0.2, -0.15) is 0 Å². The molecule has 1 heterocycles. The summed E-state index contributed by atoms with van der Waals surface area (Å²) in [6, 6.07) is 9.10. The van der Waals surface area contributed by atoms with E-state index in [0.29, 0.717) is 5.82 Å². The van der Waals surface area contributed by atoms with Crippen molar-refractivity contribution < 1.29 is 14.3 Å². The number of amides is 1. The number of ether oxygens (including phenoxy) is 1. The van der Waals surface area contributed by atoms with Crippen molar-refractivity contribution >= 4 is 11.9 Å². The number of nitrogens with zero attached hydrogens (tertiary/aromatic N) is 2. The molecule has 126 valence electrons. The highest BCUT2D eigenvalue weighted by atomic mass is 16.5. The summed E-state index contributed by atoms with van der Waals surface area (Å²) in [5.74, 6) is -0.217. The second kappa shape index (κ2) is 8.10. The number of benzene rings is 1. The Bertz CT molecular complexity index is 731. The predicted molar refractivity (Wildman–Crippen MR) is 90.0 cm³/mol. The molecule has 24 heavy (non-hydrogen) atoms. The van der Waals surface area contributed by atoms with Crippen molar-refractivity contribution in [2.75, 3.05) is 6.61 Å². The van der Waals surface area contributed by atoms with Gasteiger partial charge in [0, 0.05) is 25.5 Å². The smallest absolute Gasteiger partial charge is 0.331 e. The Balaban J connectivity index is 2.09. The van der Waals surface area contributed by atoms with Gasteiger partial charge < -0.3 is 14.6 Å². The van der Waals surface area contributed by atoms with E-state index in [4.69, 9.17) is 4.74 Å². The zero-order valence-electron chi connectivity index (χ0n) is 14.0. The SMILES string of the molecule is CC(C)=CC(=O)OCC(=O)N[C@H](c1ccccc1)c1nccn1C. The molecule has 0 saturated carbocycles. The number of aryl methyl sites for hydroxylation is 1. The molecule has 0 unspecified atom stereocenters. The molecule has 0 aliphatic carbocycles. The first-order valence-electron chi connectivity index (χ1n) is 7.60. The molecule has 2 rings (SSSR count). The number of nitrogens with one attached hydrogen (secondary N) is 1. The molecule has 0 bridgehead atoms. The highest BCUT2D eigenvalue weighted by molar-refractivity contribution is 5.86. The highest BCUT2D eigenvalue weighted by Gasteiger charge is 2.20. The molecular formula is C18H21N3O3. The molecule has 0 aliphatic rings. The summed E-state index contributed by atoms with van der Waals surface area (Å²) in [6.45, 7) is 3.23. The van der Waals surface area contributed by atoms with Crippen molar-refractivity contribution in [1.82, 2.24) is 14.9 Å². The minimum Gasteiger partial charge on any atom is -0.452 e. The Morgan fingerprint density at radius 2 is 2.00 bits per heavy atom. The Kier molecular flexibility index (Phi) is 5.89. The van der Waals surface area contributed by atoms with Crippen LogP contribution in [0, 0.1) is 0 Å². The van der Waals surface area contributed by atoms with Crippen LogP contribution in [0.15, 0.2) is 54.4 Å². The molecule has 1 aromatic heterocycles. The van der Waals surface area contributed by atoms with Crippen LogP contribution >= 0.6 is 0 Å². The van der Waals surface area contributed by atoms with Crippen molar-refractivity contribution in [2.24, 2.45) is 7.05 Å². The maximum absolute atomic E-state index is 12.2. The molecule has 1 atom stereocenters. The van der Waals surface area contributed by atoms with Crippen LogP contribution in [0.3, 0.4) is 0 Å². The summed E-state index contributed by atoms with van der Waals surface area (Å²) in [7, 11) is 1.86. The van der Waals surface area contributed by atoms with Crippen LogP contribution in [0.25, 0.3) is 0 Å². The van der Waals surface area contributed by atoms with Gasteiger partial charge in [0.2, 0.25) is 0 Å². The summed E-state index contributed by atoms with van der Waals surface area (Å²) in [6.07, 6.45) is 4.83. The fraction of sp³-hybridized carbons (Fsp3) is 0.278. The van der Waals surface area contributed by atoms with E-state index in [1.165, 1.54) is 6.08 Å². The van der Waals surface area contributed by atoms with Gasteiger partial charge in [-0.15, -0.1) is 0 Å². The average Bonchev–Trinajstić information content (AvgIpc) is 2.97. The van der Waals surface area contributed by atoms with Crippen molar-refractivity contribution in [2.45, 2.75) is 19.9 Å². The number of carbonyl (C=O) groups excluding carboxylic acids is 2. The number of allylic oxidation sites excluding steroid dienone is 1. The third-order valence-electron chi connectivity index (χ3n) is 3.31. The molecule has 1 aromatic carbocycles. The zero-order valence-corrected chi connectivity index (χ0v) is 14.0. The maximum Gasteiger partial charge on any atom is 0.331 e. The van der Waals surface area contributed by atoms with E-state index in [9.17, 15) is 9.59 Å². The van der Waals surface area contributed by atoms with Gasteiger partial charge in [-0.3, -0.25) is 4.79 Å². The minimum absolute atomic E-state index is 0.337. The number of imidazole rings is 1. The van der Waals surface area contributed by atoms with Crippen LogP contribution in [0.1, 0.15) is 31.3 Å². The molecule has 0 fully saturated rings. The monoisotopic (exact) mass is 327 g/mol. The number of aromatic nitrogens is 2. The van der Waals surface area contributed by atoms with Crippen LogP contribution in [-0.2, 0) is 21.4 Å². The Morgan fingerprint density at radius 3 is 2.58 bits per heavy atom. The quantitative estimate of drug-likeness (QED) is 0.652.